The van der Waals surface area contributed by atoms with Crippen molar-refractivity contribution in [3.8, 4) is 17.0 Å². The number of amides is 1. The van der Waals surface area contributed by atoms with Gasteiger partial charge in [-0.1, -0.05) is 12.1 Å². The fraction of sp³-hybridized carbons (Fsp3) is 0.304. The van der Waals surface area contributed by atoms with E-state index in [2.05, 4.69) is 23.3 Å². The zero-order valence-corrected chi connectivity index (χ0v) is 19.8. The van der Waals surface area contributed by atoms with Crippen molar-refractivity contribution in [1.82, 2.24) is 9.29 Å². The lowest BCUT2D eigenvalue weighted by atomic mass is 10.1. The van der Waals surface area contributed by atoms with Crippen LogP contribution in [-0.2, 0) is 14.8 Å². The molecule has 0 spiro atoms. The Bertz CT molecular complexity index is 1240. The topological polar surface area (TPSA) is 88.6 Å². The lowest BCUT2D eigenvalue weighted by molar-refractivity contribution is -0.119. The second kappa shape index (κ2) is 9.01. The van der Waals surface area contributed by atoms with Crippen LogP contribution in [0.1, 0.15) is 24.0 Å². The largest absolute Gasteiger partial charge is 0.497 e. The van der Waals surface area contributed by atoms with E-state index in [9.17, 15) is 13.2 Å². The van der Waals surface area contributed by atoms with Gasteiger partial charge in [0.2, 0.25) is 15.9 Å². The minimum atomic E-state index is -3.80. The molecular weight excluding hydrogens is 446 g/mol. The van der Waals surface area contributed by atoms with Crippen LogP contribution >= 0.6 is 11.3 Å². The number of ether oxygens (including phenoxy) is 1. The quantitative estimate of drug-likeness (QED) is 0.581. The van der Waals surface area contributed by atoms with Crippen LogP contribution in [0.5, 0.6) is 5.75 Å². The summed E-state index contributed by atoms with van der Waals surface area (Å²) >= 11 is 1.33. The molecule has 1 amide bonds. The lowest BCUT2D eigenvalue weighted by Crippen LogP contribution is -2.43. The van der Waals surface area contributed by atoms with E-state index in [1.165, 1.54) is 46.0 Å². The van der Waals surface area contributed by atoms with Crippen molar-refractivity contribution in [1.29, 1.82) is 0 Å². The molecule has 2 heterocycles. The van der Waals surface area contributed by atoms with Gasteiger partial charge in [0.05, 0.1) is 17.7 Å². The van der Waals surface area contributed by atoms with Crippen LogP contribution in [0.15, 0.2) is 52.7 Å². The third kappa shape index (κ3) is 4.41. The number of aryl methyl sites for hydroxylation is 2. The fourth-order valence-corrected chi connectivity index (χ4v) is 6.11. The Morgan fingerprint density at radius 3 is 2.59 bits per heavy atom. The summed E-state index contributed by atoms with van der Waals surface area (Å²) in [5.74, 6) is 0.212. The molecule has 2 aromatic carbocycles. The van der Waals surface area contributed by atoms with E-state index in [0.29, 0.717) is 30.3 Å². The van der Waals surface area contributed by atoms with Gasteiger partial charge in [0.25, 0.3) is 0 Å². The number of carbonyl (C=O) groups excluding carboxylic acids is 1. The number of thiazole rings is 1. The number of sulfonamides is 1. The highest BCUT2D eigenvalue weighted by molar-refractivity contribution is 7.89. The monoisotopic (exact) mass is 471 g/mol. The van der Waals surface area contributed by atoms with Crippen LogP contribution in [0.25, 0.3) is 11.3 Å². The number of aromatic nitrogens is 1. The summed E-state index contributed by atoms with van der Waals surface area (Å²) in [4.78, 5) is 17.7. The Kier molecular flexibility index (Phi) is 6.32. The minimum Gasteiger partial charge on any atom is -0.497 e. The number of carbonyl (C=O) groups is 1. The number of hydrogen-bond acceptors (Lipinski definition) is 6. The first-order chi connectivity index (χ1) is 15.3. The van der Waals surface area contributed by atoms with Crippen LogP contribution in [0.3, 0.4) is 0 Å². The van der Waals surface area contributed by atoms with Crippen LogP contribution < -0.4 is 10.1 Å². The smallest absolute Gasteiger partial charge is 0.244 e. The SMILES string of the molecule is COc1ccc(S(=O)(=O)N2CCCC2C(=O)Nc2nc(-c3ccc(C)c(C)c3)cs2)cc1. The molecule has 0 aliphatic carbocycles. The summed E-state index contributed by atoms with van der Waals surface area (Å²) in [6.07, 6.45) is 1.09. The maximum absolute atomic E-state index is 13.1. The molecule has 0 saturated carbocycles. The van der Waals surface area contributed by atoms with Crippen LogP contribution in [-0.4, -0.2) is 43.3 Å². The summed E-state index contributed by atoms with van der Waals surface area (Å²) in [5, 5.41) is 5.16. The van der Waals surface area contributed by atoms with E-state index >= 15 is 0 Å². The number of hydrogen-bond donors (Lipinski definition) is 1. The predicted molar refractivity (Wildman–Crippen MR) is 126 cm³/mol. The van der Waals surface area contributed by atoms with Crippen molar-refractivity contribution in [2.24, 2.45) is 0 Å². The average molecular weight is 472 g/mol. The van der Waals surface area contributed by atoms with E-state index in [1.54, 1.807) is 12.1 Å². The number of benzene rings is 2. The first kappa shape index (κ1) is 22.4. The fourth-order valence-electron chi connectivity index (χ4n) is 3.73. The minimum absolute atomic E-state index is 0.143. The molecular formula is C23H25N3O4S2. The molecule has 1 unspecified atom stereocenters. The molecule has 0 radical (unpaired) electrons. The Morgan fingerprint density at radius 1 is 1.16 bits per heavy atom. The van der Waals surface area contributed by atoms with Gasteiger partial charge >= 0.3 is 0 Å². The third-order valence-corrected chi connectivity index (χ3v) is 8.39. The lowest BCUT2D eigenvalue weighted by Gasteiger charge is -2.23. The first-order valence-electron chi connectivity index (χ1n) is 10.3. The van der Waals surface area contributed by atoms with Gasteiger partial charge in [-0.25, -0.2) is 13.4 Å². The normalized spacial score (nSPS) is 16.8. The Hall–Kier alpha value is -2.75. The summed E-state index contributed by atoms with van der Waals surface area (Å²) in [5.41, 5.74) is 4.14. The van der Waals surface area contributed by atoms with Gasteiger partial charge in [0.15, 0.2) is 5.13 Å². The van der Waals surface area contributed by atoms with Gasteiger partial charge in [-0.05, 0) is 68.1 Å². The van der Waals surface area contributed by atoms with Crippen LogP contribution in [0.4, 0.5) is 5.13 Å². The predicted octanol–water partition coefficient (Wildman–Crippen LogP) is 4.23. The van der Waals surface area contributed by atoms with Crippen molar-refractivity contribution < 1.29 is 17.9 Å². The van der Waals surface area contributed by atoms with E-state index < -0.39 is 16.1 Å². The Balaban J connectivity index is 1.50. The average Bonchev–Trinajstić information content (AvgIpc) is 3.46. The molecule has 1 aromatic heterocycles. The standard InChI is InChI=1S/C23H25N3O4S2/c1-15-6-7-17(13-16(15)2)20-14-31-23(24-20)25-22(27)21-5-4-12-26(21)32(28,29)19-10-8-18(30-3)9-11-19/h6-11,13-14,21H,4-5,12H2,1-3H3,(H,24,25,27). The van der Waals surface area contributed by atoms with Crippen LogP contribution in [0, 0.1) is 13.8 Å². The molecule has 0 bridgehead atoms. The second-order valence-corrected chi connectivity index (χ2v) is 10.5. The number of methoxy groups -OCH3 is 1. The zero-order valence-electron chi connectivity index (χ0n) is 18.2. The summed E-state index contributed by atoms with van der Waals surface area (Å²) < 4.78 is 32.7. The maximum Gasteiger partial charge on any atom is 0.244 e. The second-order valence-electron chi connectivity index (χ2n) is 7.78. The molecule has 32 heavy (non-hydrogen) atoms. The summed E-state index contributed by atoms with van der Waals surface area (Å²) in [7, 11) is -2.27. The van der Waals surface area contributed by atoms with Crippen LogP contribution in [0.2, 0.25) is 0 Å². The van der Waals surface area contributed by atoms with Gasteiger partial charge in [0, 0.05) is 17.5 Å². The number of anilines is 1. The maximum atomic E-state index is 13.1. The molecule has 1 fully saturated rings. The van der Waals surface area contributed by atoms with Gasteiger partial charge < -0.3 is 10.1 Å². The molecule has 1 saturated heterocycles. The molecule has 168 valence electrons. The van der Waals surface area contributed by atoms with Crippen molar-refractivity contribution in [3.05, 3.63) is 59.0 Å². The van der Waals surface area contributed by atoms with Crippen molar-refractivity contribution in [2.75, 3.05) is 19.0 Å². The number of rotatable bonds is 6. The highest BCUT2D eigenvalue weighted by Crippen LogP contribution is 2.30. The highest BCUT2D eigenvalue weighted by atomic mass is 32.2. The van der Waals surface area contributed by atoms with E-state index in [1.807, 2.05) is 24.4 Å². The molecule has 1 aliphatic rings. The third-order valence-electron chi connectivity index (χ3n) is 5.71. The van der Waals surface area contributed by atoms with Gasteiger partial charge in [-0.2, -0.15) is 4.31 Å². The van der Waals surface area contributed by atoms with Crippen molar-refractivity contribution in [2.45, 2.75) is 37.6 Å². The van der Waals surface area contributed by atoms with E-state index in [-0.39, 0.29) is 10.8 Å². The summed E-state index contributed by atoms with van der Waals surface area (Å²) in [6, 6.07) is 11.5. The number of nitrogens with zero attached hydrogens (tertiary/aromatic N) is 2. The molecule has 4 rings (SSSR count). The zero-order chi connectivity index (χ0) is 22.9. The molecule has 7 nitrogen and oxygen atoms in total. The summed E-state index contributed by atoms with van der Waals surface area (Å²) in [6.45, 7) is 4.41. The molecule has 3 aromatic rings. The van der Waals surface area contributed by atoms with Gasteiger partial charge in [-0.15, -0.1) is 11.3 Å². The van der Waals surface area contributed by atoms with Gasteiger partial charge in [-0.3, -0.25) is 4.79 Å². The highest BCUT2D eigenvalue weighted by Gasteiger charge is 2.39. The Labute approximate surface area is 192 Å². The molecule has 1 aliphatic heterocycles. The molecule has 9 heteroatoms. The Morgan fingerprint density at radius 2 is 1.91 bits per heavy atom. The van der Waals surface area contributed by atoms with Crippen molar-refractivity contribution >= 4 is 32.4 Å². The van der Waals surface area contributed by atoms with Crippen molar-refractivity contribution in [3.63, 3.8) is 0 Å². The molecule has 1 atom stereocenters. The van der Waals surface area contributed by atoms with E-state index in [4.69, 9.17) is 4.74 Å². The first-order valence-corrected chi connectivity index (χ1v) is 12.6. The number of nitrogens with one attached hydrogen (secondary N) is 1. The van der Waals surface area contributed by atoms with Gasteiger partial charge in [0.1, 0.15) is 11.8 Å². The molecule has 1 N–H and O–H groups in total. The van der Waals surface area contributed by atoms with E-state index in [0.717, 1.165) is 11.3 Å².